The van der Waals surface area contributed by atoms with Crippen LogP contribution in [0, 0.1) is 5.82 Å². The number of rotatable bonds is 3. The van der Waals surface area contributed by atoms with Crippen LogP contribution in [0.15, 0.2) is 47.4 Å². The number of thioether (sulfide) groups is 1. The van der Waals surface area contributed by atoms with Crippen molar-refractivity contribution in [2.75, 3.05) is 11.6 Å². The van der Waals surface area contributed by atoms with E-state index < -0.39 is 11.7 Å². The van der Waals surface area contributed by atoms with E-state index in [0.717, 1.165) is 17.0 Å². The lowest BCUT2D eigenvalue weighted by molar-refractivity contribution is 0.102. The van der Waals surface area contributed by atoms with Gasteiger partial charge in [0, 0.05) is 16.6 Å². The molecule has 3 nitrogen and oxygen atoms in total. The molecule has 19 heavy (non-hydrogen) atoms. The second kappa shape index (κ2) is 5.75. The van der Waals surface area contributed by atoms with Crippen LogP contribution >= 0.6 is 11.8 Å². The summed E-state index contributed by atoms with van der Waals surface area (Å²) in [5.74, 6) is -1.44. The Labute approximate surface area is 114 Å². The van der Waals surface area contributed by atoms with Crippen LogP contribution in [0.25, 0.3) is 0 Å². The van der Waals surface area contributed by atoms with Gasteiger partial charge in [-0.05, 0) is 36.6 Å². The molecule has 0 atom stereocenters. The molecule has 0 bridgehead atoms. The summed E-state index contributed by atoms with van der Waals surface area (Å²) >= 11 is 1.56. The quantitative estimate of drug-likeness (QED) is 0.844. The molecule has 0 aromatic heterocycles. The SMILES string of the molecule is CSc1cccc(NC(=O)c2ccc(F)cc2O)c1. The van der Waals surface area contributed by atoms with Crippen molar-refractivity contribution in [1.29, 1.82) is 0 Å². The molecule has 0 aliphatic carbocycles. The third-order valence-electron chi connectivity index (χ3n) is 2.53. The summed E-state index contributed by atoms with van der Waals surface area (Å²) in [5, 5.41) is 12.2. The van der Waals surface area contributed by atoms with Crippen molar-refractivity contribution >= 4 is 23.4 Å². The molecule has 0 fully saturated rings. The monoisotopic (exact) mass is 277 g/mol. The van der Waals surface area contributed by atoms with Crippen LogP contribution < -0.4 is 5.32 Å². The fraction of sp³-hybridized carbons (Fsp3) is 0.0714. The molecule has 0 unspecified atom stereocenters. The number of carbonyl (C=O) groups excluding carboxylic acids is 1. The summed E-state index contributed by atoms with van der Waals surface area (Å²) in [7, 11) is 0. The lowest BCUT2D eigenvalue weighted by Crippen LogP contribution is -2.12. The summed E-state index contributed by atoms with van der Waals surface area (Å²) in [5.41, 5.74) is 0.663. The van der Waals surface area contributed by atoms with Crippen molar-refractivity contribution in [2.45, 2.75) is 4.90 Å². The van der Waals surface area contributed by atoms with Crippen LogP contribution in [0.1, 0.15) is 10.4 Å². The number of halogens is 1. The van der Waals surface area contributed by atoms with Gasteiger partial charge >= 0.3 is 0 Å². The Balaban J connectivity index is 2.20. The molecule has 2 aromatic rings. The Hall–Kier alpha value is -2.01. The maximum Gasteiger partial charge on any atom is 0.259 e. The van der Waals surface area contributed by atoms with Gasteiger partial charge in [0.1, 0.15) is 11.6 Å². The molecule has 1 amide bonds. The van der Waals surface area contributed by atoms with Gasteiger partial charge in [0.25, 0.3) is 5.91 Å². The van der Waals surface area contributed by atoms with Gasteiger partial charge in [-0.1, -0.05) is 6.07 Å². The Bertz CT molecular complexity index is 616. The van der Waals surface area contributed by atoms with E-state index >= 15 is 0 Å². The van der Waals surface area contributed by atoms with Crippen molar-refractivity contribution < 1.29 is 14.3 Å². The summed E-state index contributed by atoms with van der Waals surface area (Å²) in [4.78, 5) is 13.0. The van der Waals surface area contributed by atoms with Gasteiger partial charge in [0.2, 0.25) is 0 Å². The van der Waals surface area contributed by atoms with E-state index in [1.54, 1.807) is 17.8 Å². The molecule has 0 radical (unpaired) electrons. The fourth-order valence-electron chi connectivity index (χ4n) is 1.60. The zero-order valence-corrected chi connectivity index (χ0v) is 11.0. The van der Waals surface area contributed by atoms with Gasteiger partial charge in [0.05, 0.1) is 5.56 Å². The van der Waals surface area contributed by atoms with Crippen molar-refractivity contribution in [3.63, 3.8) is 0 Å². The van der Waals surface area contributed by atoms with Crippen molar-refractivity contribution in [1.82, 2.24) is 0 Å². The molecule has 0 aliphatic heterocycles. The highest BCUT2D eigenvalue weighted by molar-refractivity contribution is 7.98. The van der Waals surface area contributed by atoms with Gasteiger partial charge in [-0.25, -0.2) is 4.39 Å². The van der Waals surface area contributed by atoms with Crippen LogP contribution in [0.4, 0.5) is 10.1 Å². The molecule has 2 aromatic carbocycles. The average Bonchev–Trinajstić information content (AvgIpc) is 2.38. The number of nitrogens with one attached hydrogen (secondary N) is 1. The van der Waals surface area contributed by atoms with Crippen LogP contribution in [-0.4, -0.2) is 17.3 Å². The maximum absolute atomic E-state index is 12.8. The molecule has 2 N–H and O–H groups in total. The molecular weight excluding hydrogens is 265 g/mol. The average molecular weight is 277 g/mol. The lowest BCUT2D eigenvalue weighted by atomic mass is 10.2. The third-order valence-corrected chi connectivity index (χ3v) is 3.26. The number of aromatic hydroxyl groups is 1. The van der Waals surface area contributed by atoms with Crippen LogP contribution in [0.3, 0.4) is 0 Å². The smallest absolute Gasteiger partial charge is 0.259 e. The zero-order chi connectivity index (χ0) is 13.8. The molecule has 0 saturated heterocycles. The van der Waals surface area contributed by atoms with E-state index in [1.807, 2.05) is 24.5 Å². The minimum Gasteiger partial charge on any atom is -0.507 e. The molecule has 0 spiro atoms. The van der Waals surface area contributed by atoms with Crippen molar-refractivity contribution in [3.8, 4) is 5.75 Å². The highest BCUT2D eigenvalue weighted by atomic mass is 32.2. The first-order valence-corrected chi connectivity index (χ1v) is 6.76. The molecule has 0 aliphatic rings. The summed E-state index contributed by atoms with van der Waals surface area (Å²) in [6, 6.07) is 10.6. The van der Waals surface area contributed by atoms with E-state index in [0.29, 0.717) is 5.69 Å². The topological polar surface area (TPSA) is 49.3 Å². The van der Waals surface area contributed by atoms with Gasteiger partial charge in [0.15, 0.2) is 0 Å². The van der Waals surface area contributed by atoms with E-state index in [-0.39, 0.29) is 11.3 Å². The first-order chi connectivity index (χ1) is 9.10. The Morgan fingerprint density at radius 3 is 2.74 bits per heavy atom. The minimum atomic E-state index is -0.585. The normalized spacial score (nSPS) is 10.2. The molecular formula is C14H12FNO2S. The van der Waals surface area contributed by atoms with Gasteiger partial charge in [-0.15, -0.1) is 11.8 Å². The Kier molecular flexibility index (Phi) is 4.06. The zero-order valence-electron chi connectivity index (χ0n) is 10.2. The number of phenolic OH excluding ortho intramolecular Hbond substituents is 1. The van der Waals surface area contributed by atoms with Crippen LogP contribution in [0.2, 0.25) is 0 Å². The predicted molar refractivity (Wildman–Crippen MR) is 74.2 cm³/mol. The van der Waals surface area contributed by atoms with Crippen LogP contribution in [-0.2, 0) is 0 Å². The Morgan fingerprint density at radius 2 is 2.05 bits per heavy atom. The summed E-state index contributed by atoms with van der Waals surface area (Å²) < 4.78 is 12.8. The lowest BCUT2D eigenvalue weighted by Gasteiger charge is -2.07. The van der Waals surface area contributed by atoms with Crippen molar-refractivity contribution in [3.05, 3.63) is 53.8 Å². The highest BCUT2D eigenvalue weighted by Crippen LogP contribution is 2.22. The second-order valence-corrected chi connectivity index (χ2v) is 4.73. The van der Waals surface area contributed by atoms with E-state index in [9.17, 15) is 14.3 Å². The number of benzene rings is 2. The molecule has 0 saturated carbocycles. The number of phenols is 1. The summed E-state index contributed by atoms with van der Waals surface area (Å²) in [6.45, 7) is 0. The van der Waals surface area contributed by atoms with E-state index in [2.05, 4.69) is 5.32 Å². The molecule has 2 rings (SSSR count). The molecule has 5 heteroatoms. The van der Waals surface area contributed by atoms with Crippen molar-refractivity contribution in [2.24, 2.45) is 0 Å². The number of carbonyl (C=O) groups is 1. The third kappa shape index (κ3) is 3.26. The van der Waals surface area contributed by atoms with Gasteiger partial charge in [-0.3, -0.25) is 4.79 Å². The van der Waals surface area contributed by atoms with E-state index in [1.165, 1.54) is 6.07 Å². The van der Waals surface area contributed by atoms with E-state index in [4.69, 9.17) is 0 Å². The largest absolute Gasteiger partial charge is 0.507 e. The molecule has 0 heterocycles. The first kappa shape index (κ1) is 13.4. The Morgan fingerprint density at radius 1 is 1.26 bits per heavy atom. The van der Waals surface area contributed by atoms with Gasteiger partial charge < -0.3 is 10.4 Å². The highest BCUT2D eigenvalue weighted by Gasteiger charge is 2.12. The minimum absolute atomic E-state index is 0.0379. The maximum atomic E-state index is 12.8. The number of hydrogen-bond acceptors (Lipinski definition) is 3. The predicted octanol–water partition coefficient (Wildman–Crippen LogP) is 3.51. The van der Waals surface area contributed by atoms with Crippen LogP contribution in [0.5, 0.6) is 5.75 Å². The number of amides is 1. The number of hydrogen-bond donors (Lipinski definition) is 2. The van der Waals surface area contributed by atoms with Gasteiger partial charge in [-0.2, -0.15) is 0 Å². The molecule has 98 valence electrons. The fourth-order valence-corrected chi connectivity index (χ4v) is 2.06. The second-order valence-electron chi connectivity index (χ2n) is 3.85. The number of anilines is 1. The summed E-state index contributed by atoms with van der Waals surface area (Å²) in [6.07, 6.45) is 1.94. The standard InChI is InChI=1S/C14H12FNO2S/c1-19-11-4-2-3-10(8-11)16-14(18)12-6-5-9(15)7-13(12)17/h2-8,17H,1H3,(H,16,18). The first-order valence-electron chi connectivity index (χ1n) is 5.54.